The number of phenols is 1. The first-order valence-electron chi connectivity index (χ1n) is 7.27. The number of hydrogen-bond acceptors (Lipinski definition) is 1. The molecule has 1 aromatic carbocycles. The Labute approximate surface area is 115 Å². The minimum Gasteiger partial charge on any atom is -0.505 e. The van der Waals surface area contributed by atoms with Gasteiger partial charge < -0.3 is 5.11 Å². The van der Waals surface area contributed by atoms with E-state index in [9.17, 15) is 4.39 Å². The lowest BCUT2D eigenvalue weighted by Gasteiger charge is -2.27. The number of benzene rings is 1. The molecule has 0 radical (unpaired) electrons. The fourth-order valence-electron chi connectivity index (χ4n) is 3.07. The fraction of sp³-hybridized carbons (Fsp3) is 0.529. The van der Waals surface area contributed by atoms with Crippen LogP contribution in [0, 0.1) is 17.7 Å². The van der Waals surface area contributed by atoms with Crippen molar-refractivity contribution in [1.82, 2.24) is 0 Å². The highest BCUT2D eigenvalue weighted by Crippen LogP contribution is 2.33. The molecule has 1 aromatic rings. The Hall–Kier alpha value is -1.31. The van der Waals surface area contributed by atoms with Crippen molar-refractivity contribution in [3.05, 3.63) is 42.2 Å². The maximum atomic E-state index is 13.2. The predicted molar refractivity (Wildman–Crippen MR) is 76.6 cm³/mol. The van der Waals surface area contributed by atoms with Crippen LogP contribution in [0.1, 0.15) is 44.1 Å². The number of aryl methyl sites for hydroxylation is 1. The molecule has 2 heteroatoms. The van der Waals surface area contributed by atoms with Crippen LogP contribution in [0.15, 0.2) is 30.9 Å². The number of phenolic OH excluding ortho intramolecular Hbond substituents is 1. The summed E-state index contributed by atoms with van der Waals surface area (Å²) in [5.41, 5.74) is 0.989. The van der Waals surface area contributed by atoms with Gasteiger partial charge >= 0.3 is 0 Å². The number of hydrogen-bond donors (Lipinski definition) is 1. The van der Waals surface area contributed by atoms with Gasteiger partial charge in [0.15, 0.2) is 11.6 Å². The summed E-state index contributed by atoms with van der Waals surface area (Å²) in [5.74, 6) is 0.846. The van der Waals surface area contributed by atoms with Gasteiger partial charge in [-0.15, -0.1) is 6.58 Å². The molecular formula is C17H23FO. The van der Waals surface area contributed by atoms with Gasteiger partial charge in [0.2, 0.25) is 0 Å². The zero-order valence-electron chi connectivity index (χ0n) is 11.4. The highest BCUT2D eigenvalue weighted by atomic mass is 19.1. The van der Waals surface area contributed by atoms with Crippen molar-refractivity contribution in [2.75, 3.05) is 0 Å². The van der Waals surface area contributed by atoms with Gasteiger partial charge in [0.05, 0.1) is 0 Å². The maximum absolute atomic E-state index is 13.2. The van der Waals surface area contributed by atoms with Crippen molar-refractivity contribution in [3.8, 4) is 5.75 Å². The molecule has 0 saturated heterocycles. The topological polar surface area (TPSA) is 20.2 Å². The largest absolute Gasteiger partial charge is 0.505 e. The average molecular weight is 262 g/mol. The fourth-order valence-corrected chi connectivity index (χ4v) is 3.07. The molecule has 0 bridgehead atoms. The van der Waals surface area contributed by atoms with Crippen molar-refractivity contribution >= 4 is 0 Å². The SMILES string of the molecule is C=CC[C@H]1CC[C@H](CCc2ccc(O)c(F)c2)CC1. The van der Waals surface area contributed by atoms with Gasteiger partial charge in [-0.05, 0) is 61.6 Å². The molecule has 1 nitrogen and oxygen atoms in total. The summed E-state index contributed by atoms with van der Waals surface area (Å²) in [6, 6.07) is 4.73. The van der Waals surface area contributed by atoms with E-state index in [1.54, 1.807) is 0 Å². The number of rotatable bonds is 5. The van der Waals surface area contributed by atoms with E-state index in [1.807, 2.05) is 12.1 Å². The Balaban J connectivity index is 1.77. The summed E-state index contributed by atoms with van der Waals surface area (Å²) in [4.78, 5) is 0. The summed E-state index contributed by atoms with van der Waals surface area (Å²) < 4.78 is 13.2. The normalized spacial score (nSPS) is 23.2. The van der Waals surface area contributed by atoms with Crippen LogP contribution in [0.2, 0.25) is 0 Å². The third-order valence-corrected chi connectivity index (χ3v) is 4.32. The van der Waals surface area contributed by atoms with Gasteiger partial charge in [-0.25, -0.2) is 4.39 Å². The smallest absolute Gasteiger partial charge is 0.165 e. The minimum atomic E-state index is -0.507. The molecule has 1 aliphatic rings. The minimum absolute atomic E-state index is 0.256. The standard InChI is InChI=1S/C17H23FO/c1-2-3-13-4-6-14(7-5-13)8-9-15-10-11-17(19)16(18)12-15/h2,10-14,19H,1,3-9H2/t13-,14-. The molecule has 0 spiro atoms. The van der Waals surface area contributed by atoms with E-state index < -0.39 is 5.82 Å². The van der Waals surface area contributed by atoms with Crippen LogP contribution in [0.3, 0.4) is 0 Å². The molecule has 0 unspecified atom stereocenters. The van der Waals surface area contributed by atoms with Gasteiger partial charge in [-0.1, -0.05) is 25.0 Å². The number of aromatic hydroxyl groups is 1. The first-order valence-corrected chi connectivity index (χ1v) is 7.27. The van der Waals surface area contributed by atoms with E-state index in [0.717, 1.165) is 36.7 Å². The van der Waals surface area contributed by atoms with Crippen molar-refractivity contribution < 1.29 is 9.50 Å². The summed E-state index contributed by atoms with van der Waals surface area (Å²) in [6.07, 6.45) is 10.4. The molecule has 2 rings (SSSR count). The van der Waals surface area contributed by atoms with Gasteiger partial charge in [0.25, 0.3) is 0 Å². The molecule has 1 fully saturated rings. The molecule has 0 amide bonds. The Morgan fingerprint density at radius 1 is 1.21 bits per heavy atom. The lowest BCUT2D eigenvalue weighted by atomic mass is 9.78. The molecule has 1 aliphatic carbocycles. The number of allylic oxidation sites excluding steroid dienone is 1. The Morgan fingerprint density at radius 3 is 2.53 bits per heavy atom. The first kappa shape index (κ1) is 14.1. The van der Waals surface area contributed by atoms with Crippen molar-refractivity contribution in [2.24, 2.45) is 11.8 Å². The van der Waals surface area contributed by atoms with E-state index in [2.05, 4.69) is 6.58 Å². The van der Waals surface area contributed by atoms with Gasteiger partial charge in [0, 0.05) is 0 Å². The maximum Gasteiger partial charge on any atom is 0.165 e. The first-order chi connectivity index (χ1) is 9.19. The zero-order chi connectivity index (χ0) is 13.7. The molecule has 0 heterocycles. The number of halogens is 1. The summed E-state index contributed by atoms with van der Waals surface area (Å²) >= 11 is 0. The molecule has 1 saturated carbocycles. The third-order valence-electron chi connectivity index (χ3n) is 4.32. The van der Waals surface area contributed by atoms with Crippen LogP contribution in [-0.4, -0.2) is 5.11 Å². The second-order valence-electron chi connectivity index (χ2n) is 5.74. The van der Waals surface area contributed by atoms with Crippen molar-refractivity contribution in [1.29, 1.82) is 0 Å². The molecular weight excluding hydrogens is 239 g/mol. The van der Waals surface area contributed by atoms with E-state index in [4.69, 9.17) is 5.11 Å². The quantitative estimate of drug-likeness (QED) is 0.752. The van der Waals surface area contributed by atoms with Crippen LogP contribution in [0.25, 0.3) is 0 Å². The van der Waals surface area contributed by atoms with E-state index >= 15 is 0 Å². The van der Waals surface area contributed by atoms with Gasteiger partial charge in [0.1, 0.15) is 0 Å². The van der Waals surface area contributed by atoms with Crippen molar-refractivity contribution in [2.45, 2.75) is 44.9 Å². The molecule has 1 N–H and O–H groups in total. The lowest BCUT2D eigenvalue weighted by molar-refractivity contribution is 0.265. The Bertz CT molecular complexity index is 419. The Morgan fingerprint density at radius 2 is 1.89 bits per heavy atom. The zero-order valence-corrected chi connectivity index (χ0v) is 11.4. The van der Waals surface area contributed by atoms with E-state index in [-0.39, 0.29) is 5.75 Å². The molecule has 0 aliphatic heterocycles. The van der Waals surface area contributed by atoms with E-state index in [1.165, 1.54) is 37.8 Å². The highest BCUT2D eigenvalue weighted by Gasteiger charge is 2.20. The lowest BCUT2D eigenvalue weighted by Crippen LogP contribution is -2.14. The van der Waals surface area contributed by atoms with Crippen LogP contribution >= 0.6 is 0 Å². The monoisotopic (exact) mass is 262 g/mol. The molecule has 0 atom stereocenters. The van der Waals surface area contributed by atoms with Crippen molar-refractivity contribution in [3.63, 3.8) is 0 Å². The van der Waals surface area contributed by atoms with Crippen LogP contribution in [0.4, 0.5) is 4.39 Å². The van der Waals surface area contributed by atoms with Crippen LogP contribution < -0.4 is 0 Å². The van der Waals surface area contributed by atoms with Gasteiger partial charge in [-0.3, -0.25) is 0 Å². The van der Waals surface area contributed by atoms with Crippen LogP contribution in [0.5, 0.6) is 5.75 Å². The highest BCUT2D eigenvalue weighted by molar-refractivity contribution is 5.28. The van der Waals surface area contributed by atoms with Crippen LogP contribution in [-0.2, 0) is 6.42 Å². The second-order valence-corrected chi connectivity index (χ2v) is 5.74. The van der Waals surface area contributed by atoms with E-state index in [0.29, 0.717) is 0 Å². The van der Waals surface area contributed by atoms with Gasteiger partial charge in [-0.2, -0.15) is 0 Å². The summed E-state index contributed by atoms with van der Waals surface area (Å²) in [6.45, 7) is 3.81. The summed E-state index contributed by atoms with van der Waals surface area (Å²) in [5, 5.41) is 9.16. The Kier molecular flexibility index (Phi) is 5.00. The summed E-state index contributed by atoms with van der Waals surface area (Å²) in [7, 11) is 0. The average Bonchev–Trinajstić information content (AvgIpc) is 2.42. The molecule has 0 aromatic heterocycles. The molecule has 19 heavy (non-hydrogen) atoms. The third kappa shape index (κ3) is 4.09. The second kappa shape index (κ2) is 6.74. The predicted octanol–water partition coefficient (Wildman–Crippen LogP) is 4.85. The molecule has 104 valence electrons.